The zero-order valence-corrected chi connectivity index (χ0v) is 18.7. The van der Waals surface area contributed by atoms with Crippen LogP contribution in [0.5, 0.6) is 0 Å². The van der Waals surface area contributed by atoms with Crippen LogP contribution in [0.3, 0.4) is 0 Å². The van der Waals surface area contributed by atoms with Crippen LogP contribution in [-0.2, 0) is 19.1 Å². The highest BCUT2D eigenvalue weighted by Gasteiger charge is 2.38. The van der Waals surface area contributed by atoms with Crippen LogP contribution >= 0.6 is 0 Å². The Balaban J connectivity index is 1.15. The predicted octanol–water partition coefficient (Wildman–Crippen LogP) is 1.98. The summed E-state index contributed by atoms with van der Waals surface area (Å²) in [5, 5.41) is 21.4. The number of rotatable bonds is 9. The van der Waals surface area contributed by atoms with Gasteiger partial charge in [-0.25, -0.2) is 9.59 Å². The van der Waals surface area contributed by atoms with Gasteiger partial charge in [0.2, 0.25) is 5.91 Å². The quantitative estimate of drug-likeness (QED) is 0.481. The minimum absolute atomic E-state index is 0.00143. The smallest absolute Gasteiger partial charge is 0.407 e. The molecule has 0 bridgehead atoms. The van der Waals surface area contributed by atoms with E-state index in [9.17, 15) is 19.5 Å². The number of nitrogens with one attached hydrogen (secondary N) is 1. The lowest BCUT2D eigenvalue weighted by atomic mass is 9.98. The Morgan fingerprint density at radius 3 is 2.29 bits per heavy atom. The number of aliphatic hydroxyl groups is 1. The first-order valence-corrected chi connectivity index (χ1v) is 11.3. The molecule has 0 spiro atoms. The molecule has 2 unspecified atom stereocenters. The van der Waals surface area contributed by atoms with E-state index in [1.807, 2.05) is 24.3 Å². The summed E-state index contributed by atoms with van der Waals surface area (Å²) in [6, 6.07) is 15.2. The molecule has 180 valence electrons. The number of aliphatic hydroxyl groups excluding tert-OH is 1. The van der Waals surface area contributed by atoms with Crippen LogP contribution < -0.4 is 5.32 Å². The van der Waals surface area contributed by atoms with Gasteiger partial charge in [-0.05, 0) is 22.3 Å². The average Bonchev–Trinajstić information content (AvgIpc) is 3.38. The predicted molar refractivity (Wildman–Crippen MR) is 122 cm³/mol. The van der Waals surface area contributed by atoms with E-state index in [1.54, 1.807) is 0 Å². The molecule has 1 saturated heterocycles. The summed E-state index contributed by atoms with van der Waals surface area (Å²) in [5.74, 6) is -1.52. The first-order chi connectivity index (χ1) is 16.5. The number of hydrogen-bond donors (Lipinski definition) is 3. The Morgan fingerprint density at radius 1 is 1.00 bits per heavy atom. The molecule has 2 aromatic carbocycles. The molecule has 2 aliphatic rings. The normalized spacial score (nSPS) is 18.9. The number of carboxylic acids is 1. The van der Waals surface area contributed by atoms with E-state index in [0.29, 0.717) is 0 Å². The molecule has 1 aliphatic heterocycles. The molecule has 0 radical (unpaired) electrons. The van der Waals surface area contributed by atoms with Crippen LogP contribution in [0.15, 0.2) is 48.5 Å². The molecule has 1 heterocycles. The Hall–Kier alpha value is -3.43. The van der Waals surface area contributed by atoms with Gasteiger partial charge in [-0.1, -0.05) is 48.5 Å². The van der Waals surface area contributed by atoms with Crippen LogP contribution in [0.25, 0.3) is 11.1 Å². The van der Waals surface area contributed by atoms with Crippen molar-refractivity contribution >= 4 is 18.0 Å². The number of likely N-dealkylation sites (tertiary alicyclic amines) is 1. The van der Waals surface area contributed by atoms with Crippen LogP contribution in [0.4, 0.5) is 4.79 Å². The molecular formula is C25H28N2O7. The molecule has 0 saturated carbocycles. The highest BCUT2D eigenvalue weighted by Crippen LogP contribution is 2.44. The van der Waals surface area contributed by atoms with Crippen molar-refractivity contribution in [3.63, 3.8) is 0 Å². The zero-order chi connectivity index (χ0) is 24.1. The van der Waals surface area contributed by atoms with E-state index in [-0.39, 0.29) is 57.6 Å². The topological polar surface area (TPSA) is 125 Å². The summed E-state index contributed by atoms with van der Waals surface area (Å²) in [5.41, 5.74) is 4.60. The molecule has 34 heavy (non-hydrogen) atoms. The van der Waals surface area contributed by atoms with Gasteiger partial charge in [0.1, 0.15) is 12.6 Å². The Labute approximate surface area is 197 Å². The first kappa shape index (κ1) is 23.7. The number of aliphatic carboxylic acids is 1. The Bertz CT molecular complexity index is 1010. The van der Waals surface area contributed by atoms with Crippen molar-refractivity contribution in [3.05, 3.63) is 59.7 Å². The summed E-state index contributed by atoms with van der Waals surface area (Å²) in [6.07, 6.45) is -1.34. The second-order valence-corrected chi connectivity index (χ2v) is 8.40. The molecule has 3 N–H and O–H groups in total. The van der Waals surface area contributed by atoms with Crippen LogP contribution in [0, 0.1) is 0 Å². The molecule has 9 nitrogen and oxygen atoms in total. The van der Waals surface area contributed by atoms with E-state index in [1.165, 1.54) is 4.90 Å². The summed E-state index contributed by atoms with van der Waals surface area (Å²) in [6.45, 7) is 0.721. The number of nitrogens with zero attached hydrogens (tertiary/aromatic N) is 1. The fourth-order valence-electron chi connectivity index (χ4n) is 4.60. The van der Waals surface area contributed by atoms with Crippen LogP contribution in [0.2, 0.25) is 0 Å². The van der Waals surface area contributed by atoms with Crippen molar-refractivity contribution in [2.45, 2.75) is 30.9 Å². The highest BCUT2D eigenvalue weighted by molar-refractivity contribution is 5.84. The molecule has 2 atom stereocenters. The maximum atomic E-state index is 12.2. The number of benzene rings is 2. The van der Waals surface area contributed by atoms with Gasteiger partial charge in [0.15, 0.2) is 0 Å². The average molecular weight is 469 g/mol. The van der Waals surface area contributed by atoms with Gasteiger partial charge >= 0.3 is 12.1 Å². The summed E-state index contributed by atoms with van der Waals surface area (Å²) < 4.78 is 10.8. The number of β-amino-alcohol motifs (C(OH)–C–C–N with tert-alkyl or cyclic N) is 1. The lowest BCUT2D eigenvalue weighted by Crippen LogP contribution is -2.41. The fourth-order valence-corrected chi connectivity index (χ4v) is 4.60. The minimum atomic E-state index is -1.13. The third kappa shape index (κ3) is 5.21. The third-order valence-corrected chi connectivity index (χ3v) is 6.20. The van der Waals surface area contributed by atoms with E-state index in [0.717, 1.165) is 22.3 Å². The second-order valence-electron chi connectivity index (χ2n) is 8.40. The molecule has 1 aliphatic carbocycles. The SMILES string of the molecule is O=C(NCCOCCC(=O)N1CC(O)CC1C(=O)O)OCC1c2ccccc2-c2ccccc21. The van der Waals surface area contributed by atoms with Gasteiger partial charge in [-0.15, -0.1) is 0 Å². The van der Waals surface area contributed by atoms with Crippen LogP contribution in [0.1, 0.15) is 29.9 Å². The molecule has 4 rings (SSSR count). The van der Waals surface area contributed by atoms with Gasteiger partial charge in [0.05, 0.1) is 25.7 Å². The van der Waals surface area contributed by atoms with E-state index in [4.69, 9.17) is 14.6 Å². The fraction of sp³-hybridized carbons (Fsp3) is 0.400. The number of alkyl carbamates (subject to hydrolysis) is 1. The Morgan fingerprint density at radius 2 is 1.65 bits per heavy atom. The number of ether oxygens (including phenoxy) is 2. The lowest BCUT2D eigenvalue weighted by Gasteiger charge is -2.21. The minimum Gasteiger partial charge on any atom is -0.480 e. The summed E-state index contributed by atoms with van der Waals surface area (Å²) in [4.78, 5) is 36.7. The van der Waals surface area contributed by atoms with E-state index in [2.05, 4.69) is 29.6 Å². The third-order valence-electron chi connectivity index (χ3n) is 6.20. The molecule has 1 fully saturated rings. The van der Waals surface area contributed by atoms with Gasteiger partial charge < -0.3 is 29.9 Å². The molecule has 2 aromatic rings. The Kier molecular flexibility index (Phi) is 7.44. The van der Waals surface area contributed by atoms with Gasteiger partial charge in [0.25, 0.3) is 0 Å². The number of hydrogen-bond acceptors (Lipinski definition) is 6. The lowest BCUT2D eigenvalue weighted by molar-refractivity contribution is -0.148. The number of amides is 2. The van der Waals surface area contributed by atoms with Crippen molar-refractivity contribution in [3.8, 4) is 11.1 Å². The number of carboxylic acid groups (broad SMARTS) is 1. The highest BCUT2D eigenvalue weighted by atomic mass is 16.5. The largest absolute Gasteiger partial charge is 0.480 e. The van der Waals surface area contributed by atoms with Gasteiger partial charge in [0, 0.05) is 25.4 Å². The molecular weight excluding hydrogens is 440 g/mol. The van der Waals surface area contributed by atoms with Gasteiger partial charge in [-0.2, -0.15) is 0 Å². The van der Waals surface area contributed by atoms with Gasteiger partial charge in [-0.3, -0.25) is 4.79 Å². The van der Waals surface area contributed by atoms with E-state index >= 15 is 0 Å². The van der Waals surface area contributed by atoms with Crippen molar-refractivity contribution in [2.24, 2.45) is 0 Å². The van der Waals surface area contributed by atoms with Crippen molar-refractivity contribution < 1.29 is 34.1 Å². The first-order valence-electron chi connectivity index (χ1n) is 11.3. The number of carbonyl (C=O) groups is 3. The van der Waals surface area contributed by atoms with Crippen LogP contribution in [-0.4, -0.2) is 78.1 Å². The van der Waals surface area contributed by atoms with Crippen molar-refractivity contribution in [1.82, 2.24) is 10.2 Å². The maximum Gasteiger partial charge on any atom is 0.407 e. The molecule has 9 heteroatoms. The van der Waals surface area contributed by atoms with Crippen molar-refractivity contribution in [2.75, 3.05) is 32.9 Å². The second kappa shape index (κ2) is 10.7. The summed E-state index contributed by atoms with van der Waals surface area (Å²) >= 11 is 0. The standard InChI is InChI=1S/C25H28N2O7/c28-16-13-22(24(30)31)27(14-16)23(29)9-11-33-12-10-26-25(32)34-15-21-19-7-3-1-5-17(19)18-6-2-4-8-20(18)21/h1-8,16,21-22,28H,9-15H2,(H,26,32)(H,30,31). The number of carbonyl (C=O) groups excluding carboxylic acids is 2. The maximum absolute atomic E-state index is 12.2. The molecule has 0 aromatic heterocycles. The number of fused-ring (bicyclic) bond motifs is 3. The van der Waals surface area contributed by atoms with E-state index < -0.39 is 24.2 Å². The summed E-state index contributed by atoms with van der Waals surface area (Å²) in [7, 11) is 0. The van der Waals surface area contributed by atoms with Crippen molar-refractivity contribution in [1.29, 1.82) is 0 Å². The monoisotopic (exact) mass is 468 g/mol. The zero-order valence-electron chi connectivity index (χ0n) is 18.7. The molecule has 2 amide bonds.